The quantitative estimate of drug-likeness (QED) is 0.767. The predicted molar refractivity (Wildman–Crippen MR) is 68.6 cm³/mol. The number of fused-ring (bicyclic) bond motifs is 5. The smallest absolute Gasteiger partial charge is 0.207 e. The molecule has 1 heterocycles. The van der Waals surface area contributed by atoms with Gasteiger partial charge >= 0.3 is 0 Å². The zero-order valence-electron chi connectivity index (χ0n) is 10.4. The monoisotopic (exact) mass is 263 g/mol. The van der Waals surface area contributed by atoms with Crippen LogP contribution in [0.2, 0.25) is 0 Å². The minimum atomic E-state index is -3.23. The largest absolute Gasteiger partial charge is 0.243 e. The maximum absolute atomic E-state index is 12.6. The van der Waals surface area contributed by atoms with Crippen LogP contribution in [0, 0.1) is 18.8 Å². The van der Waals surface area contributed by atoms with E-state index in [-0.39, 0.29) is 0 Å². The van der Waals surface area contributed by atoms with Crippen molar-refractivity contribution >= 4 is 10.0 Å². The summed E-state index contributed by atoms with van der Waals surface area (Å²) in [6, 6.07) is 7.88. The van der Waals surface area contributed by atoms with Crippen molar-refractivity contribution in [3.8, 4) is 0 Å². The van der Waals surface area contributed by atoms with Gasteiger partial charge in [-0.2, -0.15) is 4.31 Å². The first-order valence-corrected chi connectivity index (χ1v) is 8.13. The number of hydrogen-bond donors (Lipinski definition) is 0. The van der Waals surface area contributed by atoms with Crippen LogP contribution in [0.1, 0.15) is 24.8 Å². The molecule has 0 aromatic heterocycles. The highest BCUT2D eigenvalue weighted by Crippen LogP contribution is 2.60. The molecule has 0 amide bonds. The summed E-state index contributed by atoms with van der Waals surface area (Å²) in [6.07, 6.45) is 3.72. The van der Waals surface area contributed by atoms with E-state index in [4.69, 9.17) is 0 Å². The van der Waals surface area contributed by atoms with E-state index in [0.717, 1.165) is 5.56 Å². The number of nitrogens with zero attached hydrogens (tertiary/aromatic N) is 1. The Bertz CT molecular complexity index is 577. The molecular weight excluding hydrogens is 246 g/mol. The van der Waals surface area contributed by atoms with Crippen LogP contribution in [0.5, 0.6) is 0 Å². The van der Waals surface area contributed by atoms with Gasteiger partial charge in [0.15, 0.2) is 0 Å². The molecule has 4 rings (SSSR count). The first-order valence-electron chi connectivity index (χ1n) is 6.69. The number of aryl methyl sites for hydroxylation is 1. The lowest BCUT2D eigenvalue weighted by atomic mass is 10.0. The first-order chi connectivity index (χ1) is 8.59. The SMILES string of the molecule is Cc1ccc(S(=O)(=O)N2C3C4CCC(C4)C32)cc1. The summed E-state index contributed by atoms with van der Waals surface area (Å²) in [7, 11) is -3.23. The zero-order valence-corrected chi connectivity index (χ0v) is 11.2. The highest BCUT2D eigenvalue weighted by atomic mass is 32.2. The summed E-state index contributed by atoms with van der Waals surface area (Å²) < 4.78 is 26.9. The average Bonchev–Trinajstić information content (AvgIpc) is 2.83. The number of sulfonamides is 1. The van der Waals surface area contributed by atoms with E-state index in [1.54, 1.807) is 16.4 Å². The van der Waals surface area contributed by atoms with Gasteiger partial charge in [0, 0.05) is 12.1 Å². The molecular formula is C14H17NO2S. The molecule has 1 aromatic carbocycles. The zero-order chi connectivity index (χ0) is 12.5. The number of hydrogen-bond acceptors (Lipinski definition) is 2. The molecule has 1 aromatic rings. The molecule has 3 nitrogen and oxygen atoms in total. The fraction of sp³-hybridized carbons (Fsp3) is 0.571. The third kappa shape index (κ3) is 1.30. The summed E-state index contributed by atoms with van der Waals surface area (Å²) in [5.41, 5.74) is 1.10. The van der Waals surface area contributed by atoms with Gasteiger partial charge in [-0.3, -0.25) is 0 Å². The lowest BCUT2D eigenvalue weighted by Crippen LogP contribution is -2.21. The second-order valence-electron chi connectivity index (χ2n) is 5.96. The van der Waals surface area contributed by atoms with Crippen LogP contribution >= 0.6 is 0 Å². The van der Waals surface area contributed by atoms with Crippen molar-refractivity contribution in [2.45, 2.75) is 43.2 Å². The fourth-order valence-corrected chi connectivity index (χ4v) is 5.95. The Morgan fingerprint density at radius 2 is 1.61 bits per heavy atom. The van der Waals surface area contributed by atoms with Gasteiger partial charge in [0.05, 0.1) is 4.90 Å². The Morgan fingerprint density at radius 3 is 2.17 bits per heavy atom. The van der Waals surface area contributed by atoms with Crippen LogP contribution < -0.4 is 0 Å². The van der Waals surface area contributed by atoms with Crippen molar-refractivity contribution < 1.29 is 8.42 Å². The molecule has 0 N–H and O–H groups in total. The van der Waals surface area contributed by atoms with Crippen LogP contribution in [0.25, 0.3) is 0 Å². The minimum absolute atomic E-state index is 0.329. The first kappa shape index (κ1) is 11.0. The van der Waals surface area contributed by atoms with E-state index in [9.17, 15) is 8.42 Å². The molecule has 4 heteroatoms. The lowest BCUT2D eigenvalue weighted by Gasteiger charge is -2.12. The van der Waals surface area contributed by atoms with Gasteiger partial charge in [-0.25, -0.2) is 8.42 Å². The molecule has 0 spiro atoms. The second-order valence-corrected chi connectivity index (χ2v) is 7.81. The fourth-order valence-electron chi connectivity index (χ4n) is 4.05. The van der Waals surface area contributed by atoms with Crippen molar-refractivity contribution in [2.75, 3.05) is 0 Å². The topological polar surface area (TPSA) is 37.1 Å². The number of benzene rings is 1. The third-order valence-corrected chi connectivity index (χ3v) is 6.83. The lowest BCUT2D eigenvalue weighted by molar-refractivity contribution is 0.447. The predicted octanol–water partition coefficient (Wildman–Crippen LogP) is 2.17. The molecule has 1 aliphatic heterocycles. The molecule has 3 aliphatic rings. The van der Waals surface area contributed by atoms with E-state index in [0.29, 0.717) is 28.8 Å². The normalized spacial score (nSPS) is 40.8. The van der Waals surface area contributed by atoms with Crippen molar-refractivity contribution in [2.24, 2.45) is 11.8 Å². The van der Waals surface area contributed by atoms with Gasteiger partial charge in [0.1, 0.15) is 0 Å². The molecule has 4 atom stereocenters. The van der Waals surface area contributed by atoms with Crippen molar-refractivity contribution in [1.29, 1.82) is 0 Å². The average molecular weight is 263 g/mol. The Morgan fingerprint density at radius 1 is 1.06 bits per heavy atom. The van der Waals surface area contributed by atoms with Crippen molar-refractivity contribution in [3.05, 3.63) is 29.8 Å². The maximum Gasteiger partial charge on any atom is 0.243 e. The Hall–Kier alpha value is -0.870. The van der Waals surface area contributed by atoms with Gasteiger partial charge in [0.2, 0.25) is 10.0 Å². The van der Waals surface area contributed by atoms with Crippen LogP contribution in [0.15, 0.2) is 29.2 Å². The highest BCUT2D eigenvalue weighted by molar-refractivity contribution is 7.89. The Kier molecular flexibility index (Phi) is 2.06. The van der Waals surface area contributed by atoms with Gasteiger partial charge in [-0.15, -0.1) is 0 Å². The Balaban J connectivity index is 1.68. The molecule has 18 heavy (non-hydrogen) atoms. The number of piperidine rings is 1. The molecule has 4 unspecified atom stereocenters. The summed E-state index contributed by atoms with van der Waals surface area (Å²) in [5.74, 6) is 1.28. The van der Waals surface area contributed by atoms with E-state index >= 15 is 0 Å². The van der Waals surface area contributed by atoms with Crippen molar-refractivity contribution in [1.82, 2.24) is 4.31 Å². The van der Waals surface area contributed by atoms with Crippen LogP contribution in [0.4, 0.5) is 0 Å². The second kappa shape index (κ2) is 3.36. The Labute approximate surface area is 108 Å². The molecule has 1 saturated heterocycles. The third-order valence-electron chi connectivity index (χ3n) is 4.92. The molecule has 2 saturated carbocycles. The molecule has 2 bridgehead atoms. The highest BCUT2D eigenvalue weighted by Gasteiger charge is 2.68. The van der Waals surface area contributed by atoms with E-state index in [2.05, 4.69) is 0 Å². The summed E-state index contributed by atoms with van der Waals surface area (Å²) in [5, 5.41) is 0. The van der Waals surface area contributed by atoms with Gasteiger partial charge in [0.25, 0.3) is 0 Å². The molecule has 2 aliphatic carbocycles. The number of rotatable bonds is 2. The van der Waals surface area contributed by atoms with E-state index in [1.807, 2.05) is 19.1 Å². The molecule has 3 fully saturated rings. The summed E-state index contributed by atoms with van der Waals surface area (Å²) in [4.78, 5) is 0.460. The van der Waals surface area contributed by atoms with Crippen LogP contribution in [-0.2, 0) is 10.0 Å². The van der Waals surface area contributed by atoms with Gasteiger partial charge < -0.3 is 0 Å². The standard InChI is InChI=1S/C14H17NO2S/c1-9-2-6-12(7-3-9)18(16,17)15-13-10-4-5-11(8-10)14(13)15/h2-3,6-7,10-11,13-14H,4-5,8H2,1H3. The van der Waals surface area contributed by atoms with Crippen LogP contribution in [0.3, 0.4) is 0 Å². The van der Waals surface area contributed by atoms with Gasteiger partial charge in [-0.1, -0.05) is 17.7 Å². The summed E-state index contributed by atoms with van der Waals surface area (Å²) >= 11 is 0. The van der Waals surface area contributed by atoms with Crippen LogP contribution in [-0.4, -0.2) is 24.8 Å². The maximum atomic E-state index is 12.6. The van der Waals surface area contributed by atoms with Crippen molar-refractivity contribution in [3.63, 3.8) is 0 Å². The van der Waals surface area contributed by atoms with Gasteiger partial charge in [-0.05, 0) is 50.2 Å². The molecule has 0 radical (unpaired) electrons. The molecule has 96 valence electrons. The summed E-state index contributed by atoms with van der Waals surface area (Å²) in [6.45, 7) is 1.97. The van der Waals surface area contributed by atoms with E-state index in [1.165, 1.54) is 19.3 Å². The minimum Gasteiger partial charge on any atom is -0.207 e. The van der Waals surface area contributed by atoms with E-state index < -0.39 is 10.0 Å².